The maximum atomic E-state index is 12.9. The average Bonchev–Trinajstić information content (AvgIpc) is 3.14. The van der Waals surface area contributed by atoms with Gasteiger partial charge < -0.3 is 19.2 Å². The van der Waals surface area contributed by atoms with Gasteiger partial charge in [-0.05, 0) is 57.2 Å². The summed E-state index contributed by atoms with van der Waals surface area (Å²) in [7, 11) is 0. The first kappa shape index (κ1) is 20.4. The third kappa shape index (κ3) is 5.56. The Morgan fingerprint density at radius 3 is 2.57 bits per heavy atom. The van der Waals surface area contributed by atoms with Crippen molar-refractivity contribution in [3.63, 3.8) is 0 Å². The minimum Gasteiger partial charge on any atom is -0.486 e. The average molecular weight is 390 g/mol. The first-order valence-electron chi connectivity index (χ1n) is 9.55. The van der Waals surface area contributed by atoms with Gasteiger partial charge in [-0.1, -0.05) is 0 Å². The zero-order valence-corrected chi connectivity index (χ0v) is 16.5. The van der Waals surface area contributed by atoms with Crippen LogP contribution in [0.3, 0.4) is 0 Å². The van der Waals surface area contributed by atoms with E-state index in [2.05, 4.69) is 31.0 Å². The number of rotatable bonds is 7. The molecule has 1 fully saturated rings. The molecule has 3 rings (SSSR count). The SMILES string of the molecule is CC1CN(C(C)CNC(=O)c2ccc(COc3ccc(F)cc3)o2)CC(C)O1. The highest BCUT2D eigenvalue weighted by Gasteiger charge is 2.26. The molecule has 1 saturated heterocycles. The first-order chi connectivity index (χ1) is 13.4. The van der Waals surface area contributed by atoms with Gasteiger partial charge in [0, 0.05) is 25.7 Å². The maximum Gasteiger partial charge on any atom is 0.287 e. The number of carbonyl (C=O) groups excluding carboxylic acids is 1. The Morgan fingerprint density at radius 2 is 1.89 bits per heavy atom. The van der Waals surface area contributed by atoms with Crippen LogP contribution in [0.25, 0.3) is 0 Å². The smallest absolute Gasteiger partial charge is 0.287 e. The summed E-state index contributed by atoms with van der Waals surface area (Å²) in [5.74, 6) is 0.729. The Kier molecular flexibility index (Phi) is 6.70. The molecule has 6 nitrogen and oxygen atoms in total. The molecule has 1 aromatic heterocycles. The molecule has 1 aliphatic heterocycles. The van der Waals surface area contributed by atoms with E-state index >= 15 is 0 Å². The molecular formula is C21H27FN2O4. The predicted molar refractivity (Wildman–Crippen MR) is 103 cm³/mol. The lowest BCUT2D eigenvalue weighted by molar-refractivity contribution is -0.0778. The number of benzene rings is 1. The Balaban J connectivity index is 1.46. The quantitative estimate of drug-likeness (QED) is 0.786. The van der Waals surface area contributed by atoms with Crippen LogP contribution >= 0.6 is 0 Å². The molecule has 1 aromatic carbocycles. The van der Waals surface area contributed by atoms with Crippen molar-refractivity contribution in [3.05, 3.63) is 53.7 Å². The standard InChI is InChI=1S/C21H27FN2O4/c1-14(24-11-15(2)27-16(3)12-24)10-23-21(25)20-9-8-19(28-20)13-26-18-6-4-17(22)5-7-18/h4-9,14-16H,10-13H2,1-3H3,(H,23,25). The lowest BCUT2D eigenvalue weighted by atomic mass is 10.1. The van der Waals surface area contributed by atoms with Crippen molar-refractivity contribution in [1.29, 1.82) is 0 Å². The van der Waals surface area contributed by atoms with E-state index < -0.39 is 0 Å². The third-order valence-corrected chi connectivity index (χ3v) is 4.71. The van der Waals surface area contributed by atoms with Gasteiger partial charge in [-0.2, -0.15) is 0 Å². The lowest BCUT2D eigenvalue weighted by Gasteiger charge is -2.38. The molecule has 2 aromatic rings. The van der Waals surface area contributed by atoms with Crippen LogP contribution in [0.1, 0.15) is 37.1 Å². The van der Waals surface area contributed by atoms with Gasteiger partial charge in [0.25, 0.3) is 5.91 Å². The van der Waals surface area contributed by atoms with Gasteiger partial charge in [0.1, 0.15) is 23.9 Å². The van der Waals surface area contributed by atoms with Crippen molar-refractivity contribution >= 4 is 5.91 Å². The highest BCUT2D eigenvalue weighted by Crippen LogP contribution is 2.16. The van der Waals surface area contributed by atoms with Crippen LogP contribution < -0.4 is 10.1 Å². The summed E-state index contributed by atoms with van der Waals surface area (Å²) >= 11 is 0. The molecule has 3 atom stereocenters. The van der Waals surface area contributed by atoms with E-state index in [1.165, 1.54) is 12.1 Å². The van der Waals surface area contributed by atoms with Crippen molar-refractivity contribution < 1.29 is 23.1 Å². The molecule has 1 amide bonds. The molecule has 0 saturated carbocycles. The van der Waals surface area contributed by atoms with Gasteiger partial charge in [0.2, 0.25) is 0 Å². The van der Waals surface area contributed by atoms with Crippen molar-refractivity contribution in [1.82, 2.24) is 10.2 Å². The topological polar surface area (TPSA) is 63.9 Å². The number of carbonyl (C=O) groups is 1. The Labute approximate surface area is 164 Å². The number of amides is 1. The third-order valence-electron chi connectivity index (χ3n) is 4.71. The van der Waals surface area contributed by atoms with Crippen LogP contribution in [-0.4, -0.2) is 48.7 Å². The molecule has 1 aliphatic rings. The van der Waals surface area contributed by atoms with Crippen LogP contribution in [-0.2, 0) is 11.3 Å². The van der Waals surface area contributed by atoms with Crippen LogP contribution in [0.15, 0.2) is 40.8 Å². The van der Waals surface area contributed by atoms with E-state index in [4.69, 9.17) is 13.9 Å². The molecule has 3 unspecified atom stereocenters. The van der Waals surface area contributed by atoms with Crippen molar-refractivity contribution in [2.24, 2.45) is 0 Å². The maximum absolute atomic E-state index is 12.9. The Bertz CT molecular complexity index is 767. The summed E-state index contributed by atoms with van der Waals surface area (Å²) in [5.41, 5.74) is 0. The van der Waals surface area contributed by atoms with Gasteiger partial charge in [0.15, 0.2) is 5.76 Å². The number of halogens is 1. The number of furan rings is 1. The van der Waals surface area contributed by atoms with Crippen molar-refractivity contribution in [2.75, 3.05) is 19.6 Å². The normalized spacial score (nSPS) is 21.3. The Hall–Kier alpha value is -2.38. The van der Waals surface area contributed by atoms with Crippen molar-refractivity contribution in [3.8, 4) is 5.75 Å². The van der Waals surface area contributed by atoms with Gasteiger partial charge in [-0.15, -0.1) is 0 Å². The predicted octanol–water partition coefficient (Wildman–Crippen LogP) is 3.23. The van der Waals surface area contributed by atoms with Crippen molar-refractivity contribution in [2.45, 2.75) is 45.6 Å². The number of hydrogen-bond acceptors (Lipinski definition) is 5. The lowest BCUT2D eigenvalue weighted by Crippen LogP contribution is -2.52. The summed E-state index contributed by atoms with van der Waals surface area (Å²) in [5, 5.41) is 2.92. The second-order valence-electron chi connectivity index (χ2n) is 7.28. The van der Waals surface area contributed by atoms with E-state index in [0.29, 0.717) is 18.1 Å². The Morgan fingerprint density at radius 1 is 1.21 bits per heavy atom. The fourth-order valence-electron chi connectivity index (χ4n) is 3.30. The van der Waals surface area contributed by atoms with Gasteiger partial charge >= 0.3 is 0 Å². The van der Waals surface area contributed by atoms with Gasteiger partial charge in [0.05, 0.1) is 12.2 Å². The van der Waals surface area contributed by atoms with E-state index in [9.17, 15) is 9.18 Å². The second-order valence-corrected chi connectivity index (χ2v) is 7.28. The molecule has 0 spiro atoms. The molecule has 152 valence electrons. The fraction of sp³-hybridized carbons (Fsp3) is 0.476. The molecular weight excluding hydrogens is 363 g/mol. The highest BCUT2D eigenvalue weighted by atomic mass is 19.1. The van der Waals surface area contributed by atoms with Crippen LogP contribution in [0.4, 0.5) is 4.39 Å². The minimum atomic E-state index is -0.320. The van der Waals surface area contributed by atoms with Crippen LogP contribution in [0, 0.1) is 5.82 Å². The summed E-state index contributed by atoms with van der Waals surface area (Å²) in [6.45, 7) is 8.62. The molecule has 28 heavy (non-hydrogen) atoms. The first-order valence-corrected chi connectivity index (χ1v) is 9.55. The molecule has 0 aliphatic carbocycles. The summed E-state index contributed by atoms with van der Waals surface area (Å²) < 4.78 is 29.7. The summed E-state index contributed by atoms with van der Waals surface area (Å²) in [6, 6.07) is 9.27. The largest absolute Gasteiger partial charge is 0.486 e. The monoisotopic (exact) mass is 390 g/mol. The van der Waals surface area contributed by atoms with Crippen LogP contribution in [0.5, 0.6) is 5.75 Å². The fourth-order valence-corrected chi connectivity index (χ4v) is 3.30. The van der Waals surface area contributed by atoms with Crippen LogP contribution in [0.2, 0.25) is 0 Å². The zero-order valence-electron chi connectivity index (χ0n) is 16.5. The number of ether oxygens (including phenoxy) is 2. The number of hydrogen-bond donors (Lipinski definition) is 1. The van der Waals surface area contributed by atoms with Gasteiger partial charge in [-0.3, -0.25) is 9.69 Å². The number of nitrogens with zero attached hydrogens (tertiary/aromatic N) is 1. The number of morpholine rings is 1. The van der Waals surface area contributed by atoms with Gasteiger partial charge in [-0.25, -0.2) is 4.39 Å². The zero-order chi connectivity index (χ0) is 20.1. The summed E-state index contributed by atoms with van der Waals surface area (Å²) in [6.07, 6.45) is 0.381. The van der Waals surface area contributed by atoms with E-state index in [1.54, 1.807) is 24.3 Å². The van der Waals surface area contributed by atoms with E-state index in [-0.39, 0.29) is 42.3 Å². The molecule has 0 bridgehead atoms. The molecule has 2 heterocycles. The van der Waals surface area contributed by atoms with E-state index in [1.807, 2.05) is 0 Å². The molecule has 7 heteroatoms. The van der Waals surface area contributed by atoms with E-state index in [0.717, 1.165) is 13.1 Å². The second kappa shape index (κ2) is 9.21. The summed E-state index contributed by atoms with van der Waals surface area (Å²) in [4.78, 5) is 14.7. The molecule has 1 N–H and O–H groups in total. The molecule has 0 radical (unpaired) electrons. The minimum absolute atomic E-state index is 0.166. The highest BCUT2D eigenvalue weighted by molar-refractivity contribution is 5.91. The number of nitrogens with one attached hydrogen (secondary N) is 1.